The van der Waals surface area contributed by atoms with Crippen molar-refractivity contribution >= 4 is 38.5 Å². The lowest BCUT2D eigenvalue weighted by Crippen LogP contribution is -1.97. The van der Waals surface area contributed by atoms with Gasteiger partial charge in [0.2, 0.25) is 4.73 Å². The Morgan fingerprint density at radius 1 is 1.06 bits per heavy atom. The zero-order chi connectivity index (χ0) is 12.5. The number of aromatic nitrogens is 3. The zero-order valence-electron chi connectivity index (χ0n) is 9.67. The van der Waals surface area contributed by atoms with E-state index in [9.17, 15) is 0 Å². The molecule has 1 heterocycles. The first-order chi connectivity index (χ1) is 8.81. The summed E-state index contributed by atoms with van der Waals surface area (Å²) in [5.74, 6) is 0. The van der Waals surface area contributed by atoms with Gasteiger partial charge in [-0.05, 0) is 33.6 Å². The molecule has 0 bridgehead atoms. The summed E-state index contributed by atoms with van der Waals surface area (Å²) in [5, 5.41) is 11.5. The van der Waals surface area contributed by atoms with E-state index in [-0.39, 0.29) is 0 Å². The van der Waals surface area contributed by atoms with E-state index in [1.807, 2.05) is 29.0 Å². The molecule has 3 nitrogen and oxygen atoms in total. The normalized spacial score (nSPS) is 11.0. The van der Waals surface area contributed by atoms with Gasteiger partial charge in [0.1, 0.15) is 0 Å². The fourth-order valence-corrected chi connectivity index (χ4v) is 3.04. The molecule has 2 aromatic carbocycles. The summed E-state index contributed by atoms with van der Waals surface area (Å²) in [5.41, 5.74) is 1.09. The van der Waals surface area contributed by atoms with E-state index in [4.69, 9.17) is 0 Å². The number of halogens is 1. The van der Waals surface area contributed by atoms with Gasteiger partial charge < -0.3 is 0 Å². The summed E-state index contributed by atoms with van der Waals surface area (Å²) in [6.07, 6.45) is 2.00. The lowest BCUT2D eigenvalue weighted by Gasteiger charge is -2.09. The summed E-state index contributed by atoms with van der Waals surface area (Å²) in [6, 6.07) is 14.5. The van der Waals surface area contributed by atoms with Crippen molar-refractivity contribution in [2.24, 2.45) is 0 Å². The van der Waals surface area contributed by atoms with Crippen LogP contribution in [0.3, 0.4) is 0 Å². The van der Waals surface area contributed by atoms with E-state index in [1.165, 1.54) is 10.8 Å². The first-order valence-electron chi connectivity index (χ1n) is 5.44. The first kappa shape index (κ1) is 11.7. The minimum atomic E-state index is 0.725. The fourth-order valence-electron chi connectivity index (χ4n) is 1.99. The highest BCUT2D eigenvalue weighted by Crippen LogP contribution is 2.28. The molecule has 0 N–H and O–H groups in total. The third kappa shape index (κ3) is 1.83. The Labute approximate surface area is 117 Å². The summed E-state index contributed by atoms with van der Waals surface area (Å²) >= 11 is 5.04. The monoisotopic (exact) mass is 319 g/mol. The van der Waals surface area contributed by atoms with Crippen molar-refractivity contribution in [1.29, 1.82) is 0 Å². The zero-order valence-corrected chi connectivity index (χ0v) is 12.1. The molecule has 0 saturated heterocycles. The van der Waals surface area contributed by atoms with Crippen molar-refractivity contribution in [3.63, 3.8) is 0 Å². The summed E-state index contributed by atoms with van der Waals surface area (Å²) in [7, 11) is 0. The Morgan fingerprint density at radius 3 is 2.67 bits per heavy atom. The smallest absolute Gasteiger partial charge is 0.205 e. The van der Waals surface area contributed by atoms with Crippen LogP contribution in [0.15, 0.2) is 52.4 Å². The summed E-state index contributed by atoms with van der Waals surface area (Å²) in [4.78, 5) is 0. The molecule has 0 radical (unpaired) electrons. The molecule has 3 rings (SSSR count). The van der Waals surface area contributed by atoms with Gasteiger partial charge in [-0.1, -0.05) is 48.2 Å². The average molecular weight is 320 g/mol. The van der Waals surface area contributed by atoms with Crippen molar-refractivity contribution in [3.05, 3.63) is 47.2 Å². The maximum Gasteiger partial charge on any atom is 0.205 e. The van der Waals surface area contributed by atoms with Gasteiger partial charge in [0.05, 0.1) is 5.69 Å². The fraction of sp³-hybridized carbons (Fsp3) is 0.0769. The van der Waals surface area contributed by atoms with E-state index in [1.54, 1.807) is 11.8 Å². The van der Waals surface area contributed by atoms with Gasteiger partial charge in [-0.2, -0.15) is 0 Å². The highest BCUT2D eigenvalue weighted by Gasteiger charge is 2.12. The molecular weight excluding hydrogens is 310 g/mol. The number of rotatable bonds is 2. The van der Waals surface area contributed by atoms with Crippen molar-refractivity contribution < 1.29 is 0 Å². The van der Waals surface area contributed by atoms with Crippen LogP contribution in [0.5, 0.6) is 0 Å². The number of thioether (sulfide) groups is 1. The lowest BCUT2D eigenvalue weighted by molar-refractivity contribution is 0.885. The van der Waals surface area contributed by atoms with E-state index in [0.717, 1.165) is 15.6 Å². The second-order valence-electron chi connectivity index (χ2n) is 3.79. The van der Waals surface area contributed by atoms with Crippen LogP contribution in [0.2, 0.25) is 0 Å². The highest BCUT2D eigenvalue weighted by atomic mass is 79.9. The third-order valence-electron chi connectivity index (χ3n) is 2.78. The topological polar surface area (TPSA) is 30.7 Å². The number of fused-ring (bicyclic) bond motifs is 1. The second-order valence-corrected chi connectivity index (χ2v) is 5.27. The molecule has 0 fully saturated rings. The van der Waals surface area contributed by atoms with Gasteiger partial charge >= 0.3 is 0 Å². The van der Waals surface area contributed by atoms with Crippen molar-refractivity contribution in [1.82, 2.24) is 14.8 Å². The maximum atomic E-state index is 4.15. The van der Waals surface area contributed by atoms with Gasteiger partial charge in [-0.3, -0.25) is 4.57 Å². The lowest BCUT2D eigenvalue weighted by atomic mass is 10.1. The highest BCUT2D eigenvalue weighted by molar-refractivity contribution is 9.10. The Hall–Kier alpha value is -1.33. The molecule has 1 aromatic heterocycles. The predicted molar refractivity (Wildman–Crippen MR) is 78.3 cm³/mol. The van der Waals surface area contributed by atoms with Crippen LogP contribution >= 0.6 is 27.7 Å². The van der Waals surface area contributed by atoms with Crippen molar-refractivity contribution in [2.45, 2.75) is 5.16 Å². The Bertz CT molecular complexity index is 703. The molecular formula is C13H10BrN3S. The number of nitrogens with zero attached hydrogens (tertiary/aromatic N) is 3. The SMILES string of the molecule is CSc1nnc(Br)n1-c1cccc2ccccc12. The Kier molecular flexibility index (Phi) is 3.09. The largest absolute Gasteiger partial charge is 0.264 e. The maximum absolute atomic E-state index is 4.15. The van der Waals surface area contributed by atoms with Gasteiger partial charge in [0.25, 0.3) is 0 Å². The summed E-state index contributed by atoms with van der Waals surface area (Å²) < 4.78 is 2.75. The average Bonchev–Trinajstić information content (AvgIpc) is 2.79. The quantitative estimate of drug-likeness (QED) is 0.671. The predicted octanol–water partition coefficient (Wildman–Crippen LogP) is 3.90. The molecule has 90 valence electrons. The van der Waals surface area contributed by atoms with Gasteiger partial charge in [0, 0.05) is 5.39 Å². The molecule has 0 aliphatic rings. The van der Waals surface area contributed by atoms with Crippen molar-refractivity contribution in [3.8, 4) is 5.69 Å². The van der Waals surface area contributed by atoms with Crippen molar-refractivity contribution in [2.75, 3.05) is 6.26 Å². The van der Waals surface area contributed by atoms with Gasteiger partial charge in [0.15, 0.2) is 5.16 Å². The number of benzene rings is 2. The molecule has 0 aliphatic heterocycles. The molecule has 5 heteroatoms. The minimum absolute atomic E-state index is 0.725. The first-order valence-corrected chi connectivity index (χ1v) is 7.46. The van der Waals surface area contributed by atoms with Crippen LogP contribution in [0.25, 0.3) is 16.5 Å². The van der Waals surface area contributed by atoms with E-state index in [2.05, 4.69) is 50.4 Å². The Morgan fingerprint density at radius 2 is 1.83 bits per heavy atom. The van der Waals surface area contributed by atoms with E-state index in [0.29, 0.717) is 0 Å². The van der Waals surface area contributed by atoms with E-state index < -0.39 is 0 Å². The van der Waals surface area contributed by atoms with Crippen LogP contribution in [0.4, 0.5) is 0 Å². The standard InChI is InChI=1S/C13H10BrN3S/c1-18-13-16-15-12(14)17(13)11-8-4-6-9-5-2-3-7-10(9)11/h2-8H,1H3. The minimum Gasteiger partial charge on any atom is -0.264 e. The van der Waals surface area contributed by atoms with E-state index >= 15 is 0 Å². The van der Waals surface area contributed by atoms with Crippen LogP contribution in [0.1, 0.15) is 0 Å². The molecule has 3 aromatic rings. The Balaban J connectivity index is 2.35. The second kappa shape index (κ2) is 4.74. The summed E-state index contributed by atoms with van der Waals surface area (Å²) in [6.45, 7) is 0. The molecule has 0 atom stereocenters. The number of hydrogen-bond acceptors (Lipinski definition) is 3. The molecule has 0 amide bonds. The van der Waals surface area contributed by atoms with Crippen LogP contribution < -0.4 is 0 Å². The molecule has 0 spiro atoms. The molecule has 0 saturated carbocycles. The molecule has 18 heavy (non-hydrogen) atoms. The van der Waals surface area contributed by atoms with Gasteiger partial charge in [-0.15, -0.1) is 10.2 Å². The van der Waals surface area contributed by atoms with Crippen LogP contribution in [0, 0.1) is 0 Å². The van der Waals surface area contributed by atoms with Crippen LogP contribution in [-0.4, -0.2) is 21.0 Å². The third-order valence-corrected chi connectivity index (χ3v) is 3.93. The van der Waals surface area contributed by atoms with Crippen LogP contribution in [-0.2, 0) is 0 Å². The molecule has 0 aliphatic carbocycles. The van der Waals surface area contributed by atoms with Gasteiger partial charge in [-0.25, -0.2) is 0 Å². The number of hydrogen-bond donors (Lipinski definition) is 0. The molecule has 0 unspecified atom stereocenters.